The zero-order valence-electron chi connectivity index (χ0n) is 20.7. The number of methoxy groups -OCH3 is 1. The van der Waals surface area contributed by atoms with E-state index in [9.17, 15) is 18.4 Å². The first-order valence-electron chi connectivity index (χ1n) is 12.2. The average Bonchev–Trinajstić information content (AvgIpc) is 3.65. The maximum absolute atomic E-state index is 14.3. The summed E-state index contributed by atoms with van der Waals surface area (Å²) < 4.78 is 34.8. The number of rotatable bonds is 9. The molecular formula is C29H26F2N4O3. The standard InChI is InChI=1S/C29H26F2N4O3/c1-38-23-14-8-20(9-15-23)26-17-35(22-12-10-21(30)11-13-22)29(32-26)33-27(36)18-34(16-19-6-7-19)28(37)24-4-2-3-5-25(24)31/h2-5,8-15,17,19H,6-7,16,18H2,1H3,(H,32,33,36). The van der Waals surface area contributed by atoms with Crippen LogP contribution < -0.4 is 10.1 Å². The molecular weight excluding hydrogens is 490 g/mol. The number of amides is 2. The first-order chi connectivity index (χ1) is 18.4. The molecule has 5 rings (SSSR count). The van der Waals surface area contributed by atoms with Crippen LogP contribution >= 0.6 is 0 Å². The molecule has 1 saturated carbocycles. The van der Waals surface area contributed by atoms with Gasteiger partial charge in [-0.3, -0.25) is 19.5 Å². The molecule has 7 nitrogen and oxygen atoms in total. The molecule has 1 N–H and O–H groups in total. The normalized spacial score (nSPS) is 12.7. The van der Waals surface area contributed by atoms with Gasteiger partial charge in [0.05, 0.1) is 18.4 Å². The molecule has 0 bridgehead atoms. The molecule has 1 fully saturated rings. The number of nitrogens with one attached hydrogen (secondary N) is 1. The number of nitrogens with zero attached hydrogens (tertiary/aromatic N) is 3. The average molecular weight is 517 g/mol. The number of imidazole rings is 1. The maximum atomic E-state index is 14.3. The molecule has 194 valence electrons. The van der Waals surface area contributed by atoms with Gasteiger partial charge in [-0.15, -0.1) is 0 Å². The smallest absolute Gasteiger partial charge is 0.257 e. The maximum Gasteiger partial charge on any atom is 0.257 e. The first-order valence-corrected chi connectivity index (χ1v) is 12.2. The summed E-state index contributed by atoms with van der Waals surface area (Å²) in [6.07, 6.45) is 3.66. The number of hydrogen-bond acceptors (Lipinski definition) is 4. The molecule has 1 aliphatic rings. The molecule has 0 spiro atoms. The lowest BCUT2D eigenvalue weighted by molar-refractivity contribution is -0.117. The summed E-state index contributed by atoms with van der Waals surface area (Å²) in [4.78, 5) is 32.3. The van der Waals surface area contributed by atoms with Crippen LogP contribution in [0.4, 0.5) is 14.7 Å². The third-order valence-corrected chi connectivity index (χ3v) is 6.35. The van der Waals surface area contributed by atoms with Crippen LogP contribution in [-0.4, -0.2) is 46.5 Å². The predicted molar refractivity (Wildman–Crippen MR) is 139 cm³/mol. The van der Waals surface area contributed by atoms with Gasteiger partial charge in [0.25, 0.3) is 5.91 Å². The van der Waals surface area contributed by atoms with E-state index < -0.39 is 23.4 Å². The molecule has 3 aromatic carbocycles. The highest BCUT2D eigenvalue weighted by molar-refractivity contribution is 5.99. The van der Waals surface area contributed by atoms with E-state index in [4.69, 9.17) is 4.74 Å². The number of hydrogen-bond donors (Lipinski definition) is 1. The Labute approximate surface area is 218 Å². The second-order valence-corrected chi connectivity index (χ2v) is 9.18. The van der Waals surface area contributed by atoms with Gasteiger partial charge in [-0.1, -0.05) is 12.1 Å². The predicted octanol–water partition coefficient (Wildman–Crippen LogP) is 5.32. The van der Waals surface area contributed by atoms with Gasteiger partial charge in [0, 0.05) is 24.0 Å². The molecule has 0 saturated heterocycles. The largest absolute Gasteiger partial charge is 0.497 e. The van der Waals surface area contributed by atoms with Crippen molar-refractivity contribution in [3.05, 3.63) is 96.2 Å². The van der Waals surface area contributed by atoms with Crippen molar-refractivity contribution in [2.45, 2.75) is 12.8 Å². The van der Waals surface area contributed by atoms with Gasteiger partial charge in [-0.05, 0) is 79.4 Å². The first kappa shape index (κ1) is 25.1. The van der Waals surface area contributed by atoms with Crippen molar-refractivity contribution in [1.82, 2.24) is 14.5 Å². The summed E-state index contributed by atoms with van der Waals surface area (Å²) in [5, 5.41) is 2.79. The van der Waals surface area contributed by atoms with Crippen LogP contribution in [0.1, 0.15) is 23.2 Å². The summed E-state index contributed by atoms with van der Waals surface area (Å²) in [7, 11) is 1.58. The van der Waals surface area contributed by atoms with E-state index >= 15 is 0 Å². The van der Waals surface area contributed by atoms with E-state index in [1.165, 1.54) is 35.2 Å². The van der Waals surface area contributed by atoms with Gasteiger partial charge < -0.3 is 9.64 Å². The number of ether oxygens (including phenoxy) is 1. The number of carbonyl (C=O) groups is 2. The van der Waals surface area contributed by atoms with Crippen LogP contribution in [-0.2, 0) is 4.79 Å². The molecule has 4 aromatic rings. The van der Waals surface area contributed by atoms with E-state index in [-0.39, 0.29) is 18.1 Å². The second-order valence-electron chi connectivity index (χ2n) is 9.18. The van der Waals surface area contributed by atoms with Crippen molar-refractivity contribution in [1.29, 1.82) is 0 Å². The lowest BCUT2D eigenvalue weighted by atomic mass is 10.1. The van der Waals surface area contributed by atoms with E-state index in [0.717, 1.165) is 18.4 Å². The third-order valence-electron chi connectivity index (χ3n) is 6.35. The molecule has 0 radical (unpaired) electrons. The number of benzene rings is 3. The molecule has 1 aromatic heterocycles. The Morgan fingerprint density at radius 3 is 2.39 bits per heavy atom. The molecule has 0 aliphatic heterocycles. The summed E-state index contributed by atoms with van der Waals surface area (Å²) in [5.41, 5.74) is 1.87. The zero-order valence-corrected chi connectivity index (χ0v) is 20.7. The van der Waals surface area contributed by atoms with Gasteiger partial charge in [-0.25, -0.2) is 13.8 Å². The minimum absolute atomic E-state index is 0.0736. The summed E-state index contributed by atoms with van der Waals surface area (Å²) >= 11 is 0. The lowest BCUT2D eigenvalue weighted by Gasteiger charge is -2.22. The Hall–Kier alpha value is -4.53. The number of aromatic nitrogens is 2. The number of anilines is 1. The SMILES string of the molecule is COc1ccc(-c2cn(-c3ccc(F)cc3)c(NC(=O)CN(CC3CC3)C(=O)c3ccccc3F)n2)cc1. The monoisotopic (exact) mass is 516 g/mol. The molecule has 2 amide bonds. The quantitative estimate of drug-likeness (QED) is 0.327. The minimum Gasteiger partial charge on any atom is -0.497 e. The molecule has 0 atom stereocenters. The fourth-order valence-corrected chi connectivity index (χ4v) is 4.14. The fourth-order valence-electron chi connectivity index (χ4n) is 4.14. The molecule has 1 aliphatic carbocycles. The van der Waals surface area contributed by atoms with Gasteiger partial charge in [0.2, 0.25) is 11.9 Å². The highest BCUT2D eigenvalue weighted by Crippen LogP contribution is 2.30. The van der Waals surface area contributed by atoms with Crippen LogP contribution in [0.2, 0.25) is 0 Å². The van der Waals surface area contributed by atoms with Gasteiger partial charge in [0.15, 0.2) is 0 Å². The Morgan fingerprint density at radius 1 is 1.03 bits per heavy atom. The number of carbonyl (C=O) groups excluding carboxylic acids is 2. The van der Waals surface area contributed by atoms with Crippen molar-refractivity contribution < 1.29 is 23.1 Å². The third kappa shape index (κ3) is 5.72. The van der Waals surface area contributed by atoms with Crippen molar-refractivity contribution >= 4 is 17.8 Å². The minimum atomic E-state index is -0.630. The van der Waals surface area contributed by atoms with Crippen molar-refractivity contribution in [3.8, 4) is 22.7 Å². The van der Waals surface area contributed by atoms with Crippen molar-refractivity contribution in [2.75, 3.05) is 25.5 Å². The van der Waals surface area contributed by atoms with Gasteiger partial charge in [-0.2, -0.15) is 0 Å². The summed E-state index contributed by atoms with van der Waals surface area (Å²) in [6.45, 7) is 0.0991. The Bertz CT molecular complexity index is 1450. The highest BCUT2D eigenvalue weighted by Gasteiger charge is 2.30. The Morgan fingerprint density at radius 2 is 1.74 bits per heavy atom. The van der Waals surface area contributed by atoms with Crippen LogP contribution in [0.5, 0.6) is 5.75 Å². The van der Waals surface area contributed by atoms with Crippen LogP contribution in [0.15, 0.2) is 79.0 Å². The van der Waals surface area contributed by atoms with Gasteiger partial charge >= 0.3 is 0 Å². The zero-order chi connectivity index (χ0) is 26.6. The van der Waals surface area contributed by atoms with Crippen LogP contribution in [0.3, 0.4) is 0 Å². The van der Waals surface area contributed by atoms with E-state index in [1.54, 1.807) is 48.2 Å². The Balaban J connectivity index is 1.41. The number of halogens is 2. The van der Waals surface area contributed by atoms with Crippen molar-refractivity contribution in [3.63, 3.8) is 0 Å². The lowest BCUT2D eigenvalue weighted by Crippen LogP contribution is -2.40. The fraction of sp³-hybridized carbons (Fsp3) is 0.207. The van der Waals surface area contributed by atoms with Crippen LogP contribution in [0.25, 0.3) is 16.9 Å². The molecule has 1 heterocycles. The molecule has 38 heavy (non-hydrogen) atoms. The van der Waals surface area contributed by atoms with E-state index in [1.807, 2.05) is 12.1 Å². The van der Waals surface area contributed by atoms with Crippen LogP contribution in [0, 0.1) is 17.6 Å². The van der Waals surface area contributed by atoms with E-state index in [0.29, 0.717) is 29.6 Å². The van der Waals surface area contributed by atoms with E-state index in [2.05, 4.69) is 10.3 Å². The second kappa shape index (κ2) is 10.8. The van der Waals surface area contributed by atoms with Crippen molar-refractivity contribution in [2.24, 2.45) is 5.92 Å². The highest BCUT2D eigenvalue weighted by atomic mass is 19.1. The Kier molecular flexibility index (Phi) is 7.17. The topological polar surface area (TPSA) is 76.5 Å². The summed E-state index contributed by atoms with van der Waals surface area (Å²) in [6, 6.07) is 18.8. The molecule has 9 heteroatoms. The summed E-state index contributed by atoms with van der Waals surface area (Å²) in [5.74, 6) is -0.850. The van der Waals surface area contributed by atoms with Gasteiger partial charge in [0.1, 0.15) is 23.9 Å². The molecule has 0 unspecified atom stereocenters.